The molecule has 10 heavy (non-hydrogen) atoms. The molecule has 0 radical (unpaired) electrons. The summed E-state index contributed by atoms with van der Waals surface area (Å²) < 4.78 is 0. The van der Waals surface area contributed by atoms with Gasteiger partial charge >= 0.3 is 0 Å². The van der Waals surface area contributed by atoms with Crippen LogP contribution in [0.4, 0.5) is 0 Å². The summed E-state index contributed by atoms with van der Waals surface area (Å²) in [5.41, 5.74) is 0.233. The number of hydrogen-bond donors (Lipinski definition) is 0. The van der Waals surface area contributed by atoms with Gasteiger partial charge in [-0.25, -0.2) is 0 Å². The maximum absolute atomic E-state index is 11.6. The highest BCUT2D eigenvalue weighted by Gasteiger charge is 2.56. The first-order chi connectivity index (χ1) is 4.57. The van der Waals surface area contributed by atoms with Crippen LogP contribution in [0.25, 0.3) is 0 Å². The van der Waals surface area contributed by atoms with E-state index in [2.05, 4.69) is 13.8 Å². The SMILES string of the molecule is CC1(C(=O)C2(C)CC2)CC1. The van der Waals surface area contributed by atoms with E-state index in [1.807, 2.05) is 0 Å². The van der Waals surface area contributed by atoms with E-state index in [-0.39, 0.29) is 10.8 Å². The Kier molecular flexibility index (Phi) is 0.934. The molecule has 0 aromatic carbocycles. The number of Topliss-reactive ketones (excluding diaryl/α,β-unsaturated/α-hetero) is 1. The third-order valence-electron chi connectivity index (χ3n) is 3.10. The molecule has 2 aliphatic rings. The quantitative estimate of drug-likeness (QED) is 0.571. The van der Waals surface area contributed by atoms with E-state index < -0.39 is 0 Å². The number of hydrogen-bond acceptors (Lipinski definition) is 1. The van der Waals surface area contributed by atoms with Crippen molar-refractivity contribution in [1.29, 1.82) is 0 Å². The minimum Gasteiger partial charge on any atom is -0.298 e. The predicted octanol–water partition coefficient (Wildman–Crippen LogP) is 2.16. The van der Waals surface area contributed by atoms with Crippen LogP contribution in [0.3, 0.4) is 0 Å². The van der Waals surface area contributed by atoms with Gasteiger partial charge in [0.15, 0.2) is 0 Å². The molecule has 0 aliphatic heterocycles. The van der Waals surface area contributed by atoms with E-state index in [0.717, 1.165) is 25.7 Å². The molecule has 0 atom stereocenters. The van der Waals surface area contributed by atoms with Crippen molar-refractivity contribution in [2.45, 2.75) is 39.5 Å². The van der Waals surface area contributed by atoms with Crippen LogP contribution in [0.2, 0.25) is 0 Å². The van der Waals surface area contributed by atoms with Gasteiger partial charge in [-0.15, -0.1) is 0 Å². The third-order valence-corrected chi connectivity index (χ3v) is 3.10. The van der Waals surface area contributed by atoms with E-state index >= 15 is 0 Å². The largest absolute Gasteiger partial charge is 0.298 e. The Hall–Kier alpha value is -0.330. The Labute approximate surface area is 61.8 Å². The highest BCUT2D eigenvalue weighted by atomic mass is 16.1. The second-order valence-electron chi connectivity index (χ2n) is 4.45. The summed E-state index contributed by atoms with van der Waals surface area (Å²) >= 11 is 0. The van der Waals surface area contributed by atoms with E-state index in [9.17, 15) is 4.79 Å². The first-order valence-electron chi connectivity index (χ1n) is 4.12. The van der Waals surface area contributed by atoms with E-state index in [1.165, 1.54) is 0 Å². The van der Waals surface area contributed by atoms with E-state index in [4.69, 9.17) is 0 Å². The summed E-state index contributed by atoms with van der Waals surface area (Å²) in [6, 6.07) is 0. The average Bonchev–Trinajstić information content (AvgIpc) is 2.73. The third kappa shape index (κ3) is 0.727. The molecule has 1 heteroatoms. The number of carbonyl (C=O) groups is 1. The van der Waals surface area contributed by atoms with Crippen LogP contribution < -0.4 is 0 Å². The lowest BCUT2D eigenvalue weighted by Gasteiger charge is -2.11. The Morgan fingerprint density at radius 1 is 1.00 bits per heavy atom. The molecule has 0 bridgehead atoms. The molecular formula is C9H14O. The molecule has 2 saturated carbocycles. The Bertz CT molecular complexity index is 165. The Morgan fingerprint density at radius 2 is 1.30 bits per heavy atom. The zero-order chi connectivity index (χ0) is 7.41. The van der Waals surface area contributed by atoms with Crippen molar-refractivity contribution in [3.05, 3.63) is 0 Å². The number of rotatable bonds is 2. The van der Waals surface area contributed by atoms with Gasteiger partial charge in [-0.3, -0.25) is 4.79 Å². The van der Waals surface area contributed by atoms with Crippen LogP contribution in [0.5, 0.6) is 0 Å². The molecule has 2 aliphatic carbocycles. The zero-order valence-electron chi connectivity index (χ0n) is 6.74. The topological polar surface area (TPSA) is 17.1 Å². The second kappa shape index (κ2) is 1.46. The predicted molar refractivity (Wildman–Crippen MR) is 39.7 cm³/mol. The molecule has 0 heterocycles. The number of carbonyl (C=O) groups excluding carboxylic acids is 1. The molecule has 2 fully saturated rings. The van der Waals surface area contributed by atoms with Gasteiger partial charge in [-0.05, 0) is 25.7 Å². The summed E-state index contributed by atoms with van der Waals surface area (Å²) in [6.45, 7) is 4.22. The fraction of sp³-hybridized carbons (Fsp3) is 0.889. The van der Waals surface area contributed by atoms with Gasteiger partial charge in [-0.2, -0.15) is 0 Å². The fourth-order valence-corrected chi connectivity index (χ4v) is 1.56. The van der Waals surface area contributed by atoms with Gasteiger partial charge in [-0.1, -0.05) is 13.8 Å². The summed E-state index contributed by atoms with van der Waals surface area (Å²) in [4.78, 5) is 11.6. The first kappa shape index (κ1) is 6.38. The summed E-state index contributed by atoms with van der Waals surface area (Å²) in [7, 11) is 0. The molecule has 2 rings (SSSR count). The molecule has 56 valence electrons. The van der Waals surface area contributed by atoms with Crippen molar-refractivity contribution < 1.29 is 4.79 Å². The molecule has 0 unspecified atom stereocenters. The molecule has 0 aromatic rings. The van der Waals surface area contributed by atoms with Gasteiger partial charge in [0.05, 0.1) is 0 Å². The maximum Gasteiger partial charge on any atom is 0.144 e. The average molecular weight is 138 g/mol. The van der Waals surface area contributed by atoms with Crippen LogP contribution in [0.15, 0.2) is 0 Å². The summed E-state index contributed by atoms with van der Waals surface area (Å²) in [5.74, 6) is 0.542. The highest BCUT2D eigenvalue weighted by molar-refractivity contribution is 5.93. The number of ketones is 1. The van der Waals surface area contributed by atoms with Gasteiger partial charge in [0.2, 0.25) is 0 Å². The highest BCUT2D eigenvalue weighted by Crippen LogP contribution is 2.57. The standard InChI is InChI=1S/C9H14O/c1-8(3-4-8)7(10)9(2)5-6-9/h3-6H2,1-2H3. The van der Waals surface area contributed by atoms with Gasteiger partial charge in [0, 0.05) is 10.8 Å². The van der Waals surface area contributed by atoms with Crippen molar-refractivity contribution in [3.63, 3.8) is 0 Å². The van der Waals surface area contributed by atoms with Crippen LogP contribution in [0, 0.1) is 10.8 Å². The van der Waals surface area contributed by atoms with Crippen molar-refractivity contribution in [2.24, 2.45) is 10.8 Å². The van der Waals surface area contributed by atoms with Crippen molar-refractivity contribution in [3.8, 4) is 0 Å². The summed E-state index contributed by atoms with van der Waals surface area (Å²) in [5, 5.41) is 0. The molecule has 0 spiro atoms. The molecule has 0 amide bonds. The minimum atomic E-state index is 0.116. The zero-order valence-corrected chi connectivity index (χ0v) is 6.74. The van der Waals surface area contributed by atoms with Crippen LogP contribution in [-0.2, 0) is 4.79 Å². The molecule has 0 saturated heterocycles. The van der Waals surface area contributed by atoms with Gasteiger partial charge in [0.25, 0.3) is 0 Å². The monoisotopic (exact) mass is 138 g/mol. The molecule has 0 N–H and O–H groups in total. The van der Waals surface area contributed by atoms with Crippen molar-refractivity contribution >= 4 is 5.78 Å². The molecule has 0 aromatic heterocycles. The van der Waals surface area contributed by atoms with Crippen LogP contribution in [0.1, 0.15) is 39.5 Å². The minimum absolute atomic E-state index is 0.116. The van der Waals surface area contributed by atoms with Crippen molar-refractivity contribution in [2.75, 3.05) is 0 Å². The fourth-order valence-electron chi connectivity index (χ4n) is 1.56. The van der Waals surface area contributed by atoms with E-state index in [0.29, 0.717) is 5.78 Å². The lowest BCUT2D eigenvalue weighted by molar-refractivity contribution is -0.128. The molecular weight excluding hydrogens is 124 g/mol. The lowest BCUT2D eigenvalue weighted by atomic mass is 9.91. The van der Waals surface area contributed by atoms with Gasteiger partial charge in [0.1, 0.15) is 5.78 Å². The van der Waals surface area contributed by atoms with Crippen LogP contribution >= 0.6 is 0 Å². The maximum atomic E-state index is 11.6. The Morgan fingerprint density at radius 3 is 1.50 bits per heavy atom. The van der Waals surface area contributed by atoms with Crippen LogP contribution in [-0.4, -0.2) is 5.78 Å². The first-order valence-corrected chi connectivity index (χ1v) is 4.12. The van der Waals surface area contributed by atoms with Gasteiger partial charge < -0.3 is 0 Å². The molecule has 1 nitrogen and oxygen atoms in total. The van der Waals surface area contributed by atoms with E-state index in [1.54, 1.807) is 0 Å². The smallest absolute Gasteiger partial charge is 0.144 e. The van der Waals surface area contributed by atoms with Crippen molar-refractivity contribution in [1.82, 2.24) is 0 Å². The summed E-state index contributed by atoms with van der Waals surface area (Å²) in [6.07, 6.45) is 4.56. The second-order valence-corrected chi connectivity index (χ2v) is 4.45. The Balaban J connectivity index is 2.12. The normalized spacial score (nSPS) is 31.4. The lowest BCUT2D eigenvalue weighted by Crippen LogP contribution is -2.21.